The van der Waals surface area contributed by atoms with Gasteiger partial charge in [-0.25, -0.2) is 0 Å². The molecule has 3 nitrogen and oxygen atoms in total. The number of rotatable bonds is 4. The van der Waals surface area contributed by atoms with Crippen molar-refractivity contribution >= 4 is 0 Å². The molecule has 1 aliphatic rings. The Balaban J connectivity index is 2.77. The van der Waals surface area contributed by atoms with Crippen LogP contribution in [0.5, 0.6) is 0 Å². The fraction of sp³-hybridized carbons (Fsp3) is 1.00. The Bertz CT molecular complexity index is 262. The van der Waals surface area contributed by atoms with Crippen molar-refractivity contribution < 1.29 is 4.74 Å². The molecule has 3 atom stereocenters. The molecule has 0 aromatic heterocycles. The minimum absolute atomic E-state index is 0.258. The molecule has 0 saturated carbocycles. The molecule has 0 radical (unpaired) electrons. The van der Waals surface area contributed by atoms with Gasteiger partial charge >= 0.3 is 0 Å². The van der Waals surface area contributed by atoms with Crippen LogP contribution in [0.25, 0.3) is 0 Å². The average Bonchev–Trinajstić information content (AvgIpc) is 2.30. The number of methoxy groups -OCH3 is 1. The topological polar surface area (TPSA) is 24.5 Å². The molecule has 0 aromatic rings. The molecule has 1 aliphatic heterocycles. The minimum Gasteiger partial charge on any atom is -0.380 e. The van der Waals surface area contributed by atoms with E-state index in [0.717, 1.165) is 19.6 Å². The quantitative estimate of drug-likeness (QED) is 0.836. The number of nitrogens with one attached hydrogen (secondary N) is 1. The van der Waals surface area contributed by atoms with Crippen molar-refractivity contribution in [1.29, 1.82) is 0 Å². The van der Waals surface area contributed by atoms with E-state index in [-0.39, 0.29) is 5.54 Å². The molecule has 108 valence electrons. The lowest BCUT2D eigenvalue weighted by Crippen LogP contribution is -2.66. The van der Waals surface area contributed by atoms with E-state index in [1.165, 1.54) is 6.42 Å². The van der Waals surface area contributed by atoms with Gasteiger partial charge in [0.2, 0.25) is 0 Å². The van der Waals surface area contributed by atoms with Crippen LogP contribution < -0.4 is 5.32 Å². The zero-order chi connectivity index (χ0) is 14.0. The Morgan fingerprint density at radius 3 is 2.50 bits per heavy atom. The Morgan fingerprint density at radius 1 is 1.44 bits per heavy atom. The number of nitrogens with zero attached hydrogens (tertiary/aromatic N) is 1. The van der Waals surface area contributed by atoms with Crippen LogP contribution in [0.1, 0.15) is 48.0 Å². The van der Waals surface area contributed by atoms with Gasteiger partial charge in [0.25, 0.3) is 0 Å². The van der Waals surface area contributed by atoms with Gasteiger partial charge in [-0.1, -0.05) is 27.7 Å². The highest BCUT2D eigenvalue weighted by atomic mass is 16.5. The number of hydrogen-bond acceptors (Lipinski definition) is 3. The molecule has 1 rings (SSSR count). The van der Waals surface area contributed by atoms with Gasteiger partial charge in [0.05, 0.1) is 6.10 Å². The highest BCUT2D eigenvalue weighted by molar-refractivity contribution is 4.98. The summed E-state index contributed by atoms with van der Waals surface area (Å²) in [6.45, 7) is 17.0. The third-order valence-corrected chi connectivity index (χ3v) is 4.58. The lowest BCUT2D eigenvalue weighted by Gasteiger charge is -2.51. The molecule has 3 heteroatoms. The number of hydrogen-bond donors (Lipinski definition) is 1. The number of piperazine rings is 1. The van der Waals surface area contributed by atoms with Crippen molar-refractivity contribution in [3.8, 4) is 0 Å². The second-order valence-corrected chi connectivity index (χ2v) is 7.10. The zero-order valence-electron chi connectivity index (χ0n) is 13.3. The van der Waals surface area contributed by atoms with Gasteiger partial charge in [-0.05, 0) is 25.7 Å². The summed E-state index contributed by atoms with van der Waals surface area (Å²) < 4.78 is 5.45. The predicted molar refractivity (Wildman–Crippen MR) is 78.0 cm³/mol. The van der Waals surface area contributed by atoms with Crippen molar-refractivity contribution in [3.63, 3.8) is 0 Å². The van der Waals surface area contributed by atoms with Crippen LogP contribution in [-0.2, 0) is 4.74 Å². The molecule has 1 saturated heterocycles. The normalized spacial score (nSPS) is 32.5. The molecule has 0 aliphatic carbocycles. The maximum absolute atomic E-state index is 5.45. The smallest absolute Gasteiger partial charge is 0.0670 e. The van der Waals surface area contributed by atoms with E-state index in [2.05, 4.69) is 51.8 Å². The third-order valence-electron chi connectivity index (χ3n) is 4.58. The second-order valence-electron chi connectivity index (χ2n) is 7.10. The first kappa shape index (κ1) is 15.9. The lowest BCUT2D eigenvalue weighted by atomic mass is 9.81. The monoisotopic (exact) mass is 256 g/mol. The molecule has 1 N–H and O–H groups in total. The van der Waals surface area contributed by atoms with Crippen LogP contribution in [-0.4, -0.2) is 49.3 Å². The van der Waals surface area contributed by atoms with Crippen molar-refractivity contribution in [2.75, 3.05) is 26.7 Å². The van der Waals surface area contributed by atoms with Crippen molar-refractivity contribution in [2.24, 2.45) is 5.41 Å². The first-order chi connectivity index (χ1) is 8.23. The van der Waals surface area contributed by atoms with Crippen LogP contribution in [0.15, 0.2) is 0 Å². The van der Waals surface area contributed by atoms with E-state index in [9.17, 15) is 0 Å². The van der Waals surface area contributed by atoms with Crippen LogP contribution in [0.4, 0.5) is 0 Å². The van der Waals surface area contributed by atoms with Crippen LogP contribution in [0.3, 0.4) is 0 Å². The van der Waals surface area contributed by atoms with Gasteiger partial charge in [0, 0.05) is 38.3 Å². The highest BCUT2D eigenvalue weighted by Crippen LogP contribution is 2.29. The van der Waals surface area contributed by atoms with E-state index in [1.54, 1.807) is 7.11 Å². The molecule has 0 bridgehead atoms. The van der Waals surface area contributed by atoms with Crippen LogP contribution >= 0.6 is 0 Å². The lowest BCUT2D eigenvalue weighted by molar-refractivity contribution is -0.0164. The minimum atomic E-state index is 0.258. The molecule has 3 unspecified atom stereocenters. The average molecular weight is 256 g/mol. The predicted octanol–water partition coefficient (Wildman–Crippen LogP) is 2.51. The maximum atomic E-state index is 5.45. The van der Waals surface area contributed by atoms with Crippen molar-refractivity contribution in [1.82, 2.24) is 10.2 Å². The summed E-state index contributed by atoms with van der Waals surface area (Å²) in [6.07, 6.45) is 1.47. The molecular formula is C15H32N2O. The van der Waals surface area contributed by atoms with Gasteiger partial charge in [-0.2, -0.15) is 0 Å². The van der Waals surface area contributed by atoms with E-state index in [4.69, 9.17) is 4.74 Å². The summed E-state index contributed by atoms with van der Waals surface area (Å²) in [5.41, 5.74) is 0.568. The summed E-state index contributed by atoms with van der Waals surface area (Å²) >= 11 is 0. The van der Waals surface area contributed by atoms with Gasteiger partial charge < -0.3 is 10.1 Å². The van der Waals surface area contributed by atoms with E-state index in [0.29, 0.717) is 17.6 Å². The Morgan fingerprint density at radius 2 is 2.06 bits per heavy atom. The first-order valence-corrected chi connectivity index (χ1v) is 7.24. The standard InChI is InChI=1S/C15H32N2O/c1-8-15(6)11-16-13(14(3,4)5)10-17(15)9-12(2)18-7/h12-13,16H,8-11H2,1-7H3. The summed E-state index contributed by atoms with van der Waals surface area (Å²) in [7, 11) is 1.80. The maximum Gasteiger partial charge on any atom is 0.0670 e. The van der Waals surface area contributed by atoms with Crippen LogP contribution in [0, 0.1) is 5.41 Å². The Labute approximate surface area is 113 Å². The van der Waals surface area contributed by atoms with E-state index < -0.39 is 0 Å². The summed E-state index contributed by atoms with van der Waals surface area (Å²) in [5.74, 6) is 0. The molecule has 0 amide bonds. The fourth-order valence-electron chi connectivity index (χ4n) is 2.57. The van der Waals surface area contributed by atoms with Gasteiger partial charge in [0.15, 0.2) is 0 Å². The van der Waals surface area contributed by atoms with Gasteiger partial charge in [0.1, 0.15) is 0 Å². The SMILES string of the molecule is CCC1(C)CNC(C(C)(C)C)CN1CC(C)OC. The summed E-state index contributed by atoms with van der Waals surface area (Å²) in [5, 5.41) is 3.74. The van der Waals surface area contributed by atoms with Crippen molar-refractivity contribution in [3.05, 3.63) is 0 Å². The molecule has 1 heterocycles. The van der Waals surface area contributed by atoms with Gasteiger partial charge in [-0.15, -0.1) is 0 Å². The van der Waals surface area contributed by atoms with Crippen molar-refractivity contribution in [2.45, 2.75) is 65.6 Å². The second kappa shape index (κ2) is 5.89. The molecule has 0 spiro atoms. The fourth-order valence-corrected chi connectivity index (χ4v) is 2.57. The van der Waals surface area contributed by atoms with E-state index >= 15 is 0 Å². The third kappa shape index (κ3) is 3.69. The first-order valence-electron chi connectivity index (χ1n) is 7.24. The Hall–Kier alpha value is -0.120. The van der Waals surface area contributed by atoms with Gasteiger partial charge in [-0.3, -0.25) is 4.90 Å². The molecular weight excluding hydrogens is 224 g/mol. The molecule has 18 heavy (non-hydrogen) atoms. The highest BCUT2D eigenvalue weighted by Gasteiger charge is 2.40. The summed E-state index contributed by atoms with van der Waals surface area (Å²) in [6, 6.07) is 0.557. The molecule has 0 aromatic carbocycles. The van der Waals surface area contributed by atoms with E-state index in [1.807, 2.05) is 0 Å². The largest absolute Gasteiger partial charge is 0.380 e. The van der Waals surface area contributed by atoms with Crippen LogP contribution in [0.2, 0.25) is 0 Å². The number of ether oxygens (including phenoxy) is 1. The molecule has 1 fully saturated rings. The zero-order valence-corrected chi connectivity index (χ0v) is 13.3. The summed E-state index contributed by atoms with van der Waals surface area (Å²) in [4.78, 5) is 2.62. The Kier molecular flexibility index (Phi) is 5.22.